The van der Waals surface area contributed by atoms with E-state index in [1.54, 1.807) is 0 Å². The van der Waals surface area contributed by atoms with E-state index in [4.69, 9.17) is 10.2 Å². The third-order valence-corrected chi connectivity index (χ3v) is 6.38. The van der Waals surface area contributed by atoms with Crippen LogP contribution in [0, 0.1) is 0 Å². The highest BCUT2D eigenvalue weighted by molar-refractivity contribution is 5.67. The first-order valence-electron chi connectivity index (χ1n) is 12.9. The van der Waals surface area contributed by atoms with Crippen molar-refractivity contribution in [3.63, 3.8) is 0 Å². The van der Waals surface area contributed by atoms with Crippen LogP contribution in [0.25, 0.3) is 0 Å². The third kappa shape index (κ3) is 20.4. The molecule has 0 aromatic heterocycles. The number of hydrogen-bond acceptors (Lipinski definition) is 4. The Bertz CT molecular complexity index is 515. The van der Waals surface area contributed by atoms with Gasteiger partial charge in [-0.2, -0.15) is 0 Å². The van der Waals surface area contributed by atoms with Gasteiger partial charge in [-0.05, 0) is 32.6 Å². The highest BCUT2D eigenvalue weighted by Gasteiger charge is 2.28. The Kier molecular flexibility index (Phi) is 19.5. The Hall–Kier alpha value is -1.89. The molecule has 33 heavy (non-hydrogen) atoms. The van der Waals surface area contributed by atoms with Crippen molar-refractivity contribution in [3.05, 3.63) is 12.2 Å². The minimum Gasteiger partial charge on any atom is -0.550 e. The summed E-state index contributed by atoms with van der Waals surface area (Å²) in [7, 11) is 0. The van der Waals surface area contributed by atoms with E-state index in [2.05, 4.69) is 19.1 Å². The van der Waals surface area contributed by atoms with E-state index in [9.17, 15) is 19.5 Å². The van der Waals surface area contributed by atoms with Crippen LogP contribution < -0.4 is 5.11 Å². The average Bonchev–Trinajstić information content (AvgIpc) is 2.76. The fourth-order valence-electron chi connectivity index (χ4n) is 4.31. The van der Waals surface area contributed by atoms with Crippen molar-refractivity contribution in [1.82, 2.24) is 0 Å². The molecule has 7 nitrogen and oxygen atoms in total. The Balaban J connectivity index is 4.11. The van der Waals surface area contributed by atoms with Gasteiger partial charge in [0.25, 0.3) is 0 Å². The van der Waals surface area contributed by atoms with Gasteiger partial charge < -0.3 is 24.6 Å². The maximum atomic E-state index is 11.1. The number of carboxylic acid groups (broad SMARTS) is 3. The number of allylic oxidation sites excluding steroid dienone is 2. The lowest BCUT2D eigenvalue weighted by atomic mass is 10.0. The number of carbonyl (C=O) groups is 3. The van der Waals surface area contributed by atoms with Crippen LogP contribution in [0.4, 0.5) is 0 Å². The first-order chi connectivity index (χ1) is 15.8. The zero-order valence-corrected chi connectivity index (χ0v) is 20.8. The molecule has 0 saturated heterocycles. The van der Waals surface area contributed by atoms with Crippen LogP contribution in [0.5, 0.6) is 0 Å². The predicted octanol–water partition coefficient (Wildman–Crippen LogP) is 4.54. The second-order valence-electron chi connectivity index (χ2n) is 9.25. The standard InChI is InChI=1S/C26H47NO6/c1-2-3-4-5-6-7-8-9-10-11-12-13-14-15-16-20-27(21-17-24(28)29,22-18-25(30)31)23-19-26(32)33/h2-3H,4-23H2,1H3,(H2-,28,29,30,31,32,33)/b3-2+. The van der Waals surface area contributed by atoms with Crippen LogP contribution in [-0.2, 0) is 14.4 Å². The number of rotatable bonds is 24. The fraction of sp³-hybridized carbons (Fsp3) is 0.808. The van der Waals surface area contributed by atoms with Gasteiger partial charge in [0, 0.05) is 12.4 Å². The second-order valence-corrected chi connectivity index (χ2v) is 9.25. The molecule has 0 bridgehead atoms. The molecule has 0 radical (unpaired) electrons. The van der Waals surface area contributed by atoms with Gasteiger partial charge in [0.15, 0.2) is 0 Å². The molecule has 0 rings (SSSR count). The number of carboxylic acids is 3. The first-order valence-corrected chi connectivity index (χ1v) is 12.9. The molecular formula is C26H47NO6. The van der Waals surface area contributed by atoms with Gasteiger partial charge in [0.05, 0.1) is 39.0 Å². The van der Waals surface area contributed by atoms with Gasteiger partial charge in [-0.15, -0.1) is 0 Å². The van der Waals surface area contributed by atoms with Crippen LogP contribution in [-0.4, -0.2) is 58.8 Å². The number of nitrogens with zero attached hydrogens (tertiary/aromatic N) is 1. The summed E-state index contributed by atoms with van der Waals surface area (Å²) in [6.45, 7) is 3.41. The molecule has 0 heterocycles. The number of unbranched alkanes of at least 4 members (excludes halogenated alkanes) is 12. The maximum Gasteiger partial charge on any atom is 0.309 e. The number of carbonyl (C=O) groups excluding carboxylic acids is 1. The minimum absolute atomic E-state index is 0.0948. The lowest BCUT2D eigenvalue weighted by Crippen LogP contribution is -2.53. The van der Waals surface area contributed by atoms with Crippen molar-refractivity contribution in [2.75, 3.05) is 26.2 Å². The van der Waals surface area contributed by atoms with Crippen LogP contribution in [0.3, 0.4) is 0 Å². The lowest BCUT2D eigenvalue weighted by Gasteiger charge is -2.38. The van der Waals surface area contributed by atoms with E-state index < -0.39 is 17.9 Å². The van der Waals surface area contributed by atoms with Crippen molar-refractivity contribution < 1.29 is 34.2 Å². The molecule has 0 aromatic carbocycles. The van der Waals surface area contributed by atoms with E-state index in [1.165, 1.54) is 64.2 Å². The molecule has 0 aromatic rings. The van der Waals surface area contributed by atoms with Gasteiger partial charge in [0.2, 0.25) is 0 Å². The first kappa shape index (κ1) is 31.1. The monoisotopic (exact) mass is 469 g/mol. The van der Waals surface area contributed by atoms with Crippen molar-refractivity contribution in [1.29, 1.82) is 0 Å². The summed E-state index contributed by atoms with van der Waals surface area (Å²) in [4.78, 5) is 33.1. The molecular weight excluding hydrogens is 422 g/mol. The largest absolute Gasteiger partial charge is 0.550 e. The maximum absolute atomic E-state index is 11.1. The summed E-state index contributed by atoms with van der Waals surface area (Å²) >= 11 is 0. The highest BCUT2D eigenvalue weighted by atomic mass is 16.4. The Morgan fingerprint density at radius 2 is 1.03 bits per heavy atom. The smallest absolute Gasteiger partial charge is 0.309 e. The molecule has 0 amide bonds. The Labute approximate surface area is 200 Å². The van der Waals surface area contributed by atoms with Gasteiger partial charge >= 0.3 is 11.9 Å². The van der Waals surface area contributed by atoms with E-state index in [0.29, 0.717) is 6.54 Å². The summed E-state index contributed by atoms with van der Waals surface area (Å²) in [5, 5.41) is 29.1. The van der Waals surface area contributed by atoms with Crippen LogP contribution in [0.15, 0.2) is 12.2 Å². The zero-order valence-electron chi connectivity index (χ0n) is 20.8. The topological polar surface area (TPSA) is 115 Å². The van der Waals surface area contributed by atoms with E-state index >= 15 is 0 Å². The SMILES string of the molecule is C/C=C/CCCCCCCCCCCCCC[N+](CCC(=O)[O-])(CCC(=O)O)CCC(=O)O. The molecule has 0 spiro atoms. The number of aliphatic carboxylic acids is 3. The molecule has 2 N–H and O–H groups in total. The van der Waals surface area contributed by atoms with Crippen LogP contribution >= 0.6 is 0 Å². The summed E-state index contributed by atoms with van der Waals surface area (Å²) in [5.74, 6) is -3.08. The van der Waals surface area contributed by atoms with Gasteiger partial charge in [-0.1, -0.05) is 69.9 Å². The number of quaternary nitrogens is 1. The van der Waals surface area contributed by atoms with Crippen molar-refractivity contribution in [2.45, 2.75) is 110 Å². The van der Waals surface area contributed by atoms with Gasteiger partial charge in [-0.3, -0.25) is 9.59 Å². The molecule has 0 atom stereocenters. The van der Waals surface area contributed by atoms with E-state index in [0.717, 1.165) is 19.3 Å². The zero-order chi connectivity index (χ0) is 24.8. The average molecular weight is 470 g/mol. The summed E-state index contributed by atoms with van der Waals surface area (Å²) < 4.78 is 0.224. The van der Waals surface area contributed by atoms with Crippen molar-refractivity contribution in [2.24, 2.45) is 0 Å². The molecule has 0 aliphatic heterocycles. The normalized spacial score (nSPS) is 11.8. The van der Waals surface area contributed by atoms with Crippen molar-refractivity contribution >= 4 is 17.9 Å². The summed E-state index contributed by atoms with van der Waals surface area (Å²) in [6, 6.07) is 0. The molecule has 0 aliphatic rings. The van der Waals surface area contributed by atoms with E-state index in [-0.39, 0.29) is 43.4 Å². The fourth-order valence-corrected chi connectivity index (χ4v) is 4.31. The third-order valence-electron chi connectivity index (χ3n) is 6.38. The highest BCUT2D eigenvalue weighted by Crippen LogP contribution is 2.17. The molecule has 0 fully saturated rings. The summed E-state index contributed by atoms with van der Waals surface area (Å²) in [6.07, 6.45) is 19.7. The molecule has 192 valence electrons. The van der Waals surface area contributed by atoms with E-state index in [1.807, 2.05) is 0 Å². The van der Waals surface area contributed by atoms with Gasteiger partial charge in [-0.25, -0.2) is 0 Å². The number of hydrogen-bond donors (Lipinski definition) is 2. The Morgan fingerprint density at radius 1 is 0.636 bits per heavy atom. The van der Waals surface area contributed by atoms with Gasteiger partial charge in [0.1, 0.15) is 0 Å². The van der Waals surface area contributed by atoms with Crippen LogP contribution in [0.2, 0.25) is 0 Å². The second kappa shape index (κ2) is 20.7. The summed E-state index contributed by atoms with van der Waals surface area (Å²) in [5.41, 5.74) is 0. The minimum atomic E-state index is -1.18. The lowest BCUT2D eigenvalue weighted by molar-refractivity contribution is -0.927. The van der Waals surface area contributed by atoms with Crippen molar-refractivity contribution in [3.8, 4) is 0 Å². The molecule has 0 aliphatic carbocycles. The molecule has 0 saturated carbocycles. The quantitative estimate of drug-likeness (QED) is 0.122. The molecule has 7 heteroatoms. The van der Waals surface area contributed by atoms with Crippen LogP contribution in [0.1, 0.15) is 110 Å². The Morgan fingerprint density at radius 3 is 1.42 bits per heavy atom. The molecule has 0 unspecified atom stereocenters. The predicted molar refractivity (Wildman–Crippen MR) is 129 cm³/mol.